The van der Waals surface area contributed by atoms with Crippen molar-refractivity contribution in [2.24, 2.45) is 0 Å². The number of hydrogen-bond donors (Lipinski definition) is 1. The minimum Gasteiger partial charge on any atom is -0.444 e. The van der Waals surface area contributed by atoms with Crippen LogP contribution in [0.3, 0.4) is 0 Å². The number of anilines is 1. The Hall–Kier alpha value is -2.49. The fourth-order valence-corrected chi connectivity index (χ4v) is 2.84. The Morgan fingerprint density at radius 2 is 1.83 bits per heavy atom. The van der Waals surface area contributed by atoms with Crippen molar-refractivity contribution in [3.05, 3.63) is 65.2 Å². The zero-order valence-corrected chi connectivity index (χ0v) is 14.5. The molecule has 0 saturated heterocycles. The third kappa shape index (κ3) is 3.88. The summed E-state index contributed by atoms with van der Waals surface area (Å²) in [5.41, 5.74) is 4.21. The Bertz CT molecular complexity index is 720. The van der Waals surface area contributed by atoms with Gasteiger partial charge in [-0.1, -0.05) is 42.5 Å². The summed E-state index contributed by atoms with van der Waals surface area (Å²) >= 11 is 0. The van der Waals surface area contributed by atoms with Gasteiger partial charge in [-0.05, 0) is 43.5 Å². The Morgan fingerprint density at radius 3 is 2.54 bits per heavy atom. The van der Waals surface area contributed by atoms with Gasteiger partial charge in [-0.25, -0.2) is 4.79 Å². The molecular formula is C20H24N2O2. The van der Waals surface area contributed by atoms with Gasteiger partial charge in [0.2, 0.25) is 0 Å². The van der Waals surface area contributed by atoms with E-state index in [4.69, 9.17) is 4.74 Å². The van der Waals surface area contributed by atoms with Gasteiger partial charge in [-0.2, -0.15) is 0 Å². The topological polar surface area (TPSA) is 41.6 Å². The van der Waals surface area contributed by atoms with Crippen molar-refractivity contribution in [2.45, 2.75) is 46.0 Å². The number of amides is 1. The maximum atomic E-state index is 12.3. The molecule has 0 atom stereocenters. The molecule has 1 aliphatic rings. The van der Waals surface area contributed by atoms with Crippen LogP contribution in [0.1, 0.15) is 37.5 Å². The standard InChI is InChI=1S/C20H24N2O2/c1-20(2,3)24-19(23)22-13-16-10-7-11-18(17(16)14-22)21-12-15-8-5-4-6-9-15/h4-11,21H,12-14H2,1-3H3. The van der Waals surface area contributed by atoms with E-state index in [9.17, 15) is 4.79 Å². The van der Waals surface area contributed by atoms with Crippen LogP contribution in [0, 0.1) is 0 Å². The van der Waals surface area contributed by atoms with Crippen LogP contribution < -0.4 is 5.32 Å². The van der Waals surface area contributed by atoms with E-state index in [1.165, 1.54) is 16.7 Å². The number of nitrogens with one attached hydrogen (secondary N) is 1. The number of carbonyl (C=O) groups excluding carboxylic acids is 1. The highest BCUT2D eigenvalue weighted by molar-refractivity contribution is 5.71. The Balaban J connectivity index is 1.69. The van der Waals surface area contributed by atoms with Crippen LogP contribution in [0.5, 0.6) is 0 Å². The Kier molecular flexibility index (Phi) is 4.47. The van der Waals surface area contributed by atoms with Crippen LogP contribution in [0.15, 0.2) is 48.5 Å². The summed E-state index contributed by atoms with van der Waals surface area (Å²) in [5, 5.41) is 3.49. The SMILES string of the molecule is CC(C)(C)OC(=O)N1Cc2cccc(NCc3ccccc3)c2C1. The third-order valence-corrected chi connectivity index (χ3v) is 3.96. The molecule has 4 heteroatoms. The largest absolute Gasteiger partial charge is 0.444 e. The summed E-state index contributed by atoms with van der Waals surface area (Å²) in [6.07, 6.45) is -0.257. The molecule has 0 spiro atoms. The molecule has 2 aromatic carbocycles. The van der Waals surface area contributed by atoms with Crippen LogP contribution in [0.2, 0.25) is 0 Å². The van der Waals surface area contributed by atoms with Crippen LogP contribution in [-0.2, 0) is 24.4 Å². The lowest BCUT2D eigenvalue weighted by molar-refractivity contribution is 0.0242. The summed E-state index contributed by atoms with van der Waals surface area (Å²) in [4.78, 5) is 14.1. The van der Waals surface area contributed by atoms with E-state index >= 15 is 0 Å². The first kappa shape index (κ1) is 16.4. The fraction of sp³-hybridized carbons (Fsp3) is 0.350. The zero-order chi connectivity index (χ0) is 17.2. The second-order valence-electron chi connectivity index (χ2n) is 7.12. The predicted molar refractivity (Wildman–Crippen MR) is 95.7 cm³/mol. The van der Waals surface area contributed by atoms with E-state index in [2.05, 4.69) is 29.6 Å². The minimum atomic E-state index is -0.472. The fourth-order valence-electron chi connectivity index (χ4n) is 2.84. The van der Waals surface area contributed by atoms with Gasteiger partial charge in [0.1, 0.15) is 5.60 Å². The lowest BCUT2D eigenvalue weighted by Gasteiger charge is -2.24. The van der Waals surface area contributed by atoms with E-state index in [0.29, 0.717) is 13.1 Å². The summed E-state index contributed by atoms with van der Waals surface area (Å²) in [6.45, 7) is 7.62. The minimum absolute atomic E-state index is 0.257. The Morgan fingerprint density at radius 1 is 1.08 bits per heavy atom. The van der Waals surface area contributed by atoms with Crippen molar-refractivity contribution in [1.29, 1.82) is 0 Å². The summed E-state index contributed by atoms with van der Waals surface area (Å²) in [5.74, 6) is 0. The smallest absolute Gasteiger partial charge is 0.410 e. The molecule has 0 unspecified atom stereocenters. The van der Waals surface area contributed by atoms with Gasteiger partial charge in [0, 0.05) is 18.8 Å². The lowest BCUT2D eigenvalue weighted by Crippen LogP contribution is -2.33. The van der Waals surface area contributed by atoms with Gasteiger partial charge in [-0.3, -0.25) is 4.90 Å². The molecule has 4 nitrogen and oxygen atoms in total. The third-order valence-electron chi connectivity index (χ3n) is 3.96. The van der Waals surface area contributed by atoms with Crippen molar-refractivity contribution < 1.29 is 9.53 Å². The average Bonchev–Trinajstić information content (AvgIpc) is 2.97. The van der Waals surface area contributed by atoms with Crippen molar-refractivity contribution in [2.75, 3.05) is 5.32 Å². The quantitative estimate of drug-likeness (QED) is 0.900. The number of hydrogen-bond acceptors (Lipinski definition) is 3. The van der Waals surface area contributed by atoms with E-state index < -0.39 is 5.60 Å². The second-order valence-corrected chi connectivity index (χ2v) is 7.12. The molecule has 0 fully saturated rings. The lowest BCUT2D eigenvalue weighted by atomic mass is 10.1. The molecule has 1 aliphatic heterocycles. The molecule has 0 radical (unpaired) electrons. The summed E-state index contributed by atoms with van der Waals surface area (Å²) in [7, 11) is 0. The maximum absolute atomic E-state index is 12.3. The number of benzene rings is 2. The van der Waals surface area contributed by atoms with Crippen molar-refractivity contribution >= 4 is 11.8 Å². The molecular weight excluding hydrogens is 300 g/mol. The highest BCUT2D eigenvalue weighted by atomic mass is 16.6. The first-order valence-electron chi connectivity index (χ1n) is 8.29. The second kappa shape index (κ2) is 6.56. The number of carbonyl (C=O) groups is 1. The van der Waals surface area contributed by atoms with Crippen molar-refractivity contribution in [3.8, 4) is 0 Å². The van der Waals surface area contributed by atoms with Gasteiger partial charge in [-0.15, -0.1) is 0 Å². The number of nitrogens with zero attached hydrogens (tertiary/aromatic N) is 1. The number of ether oxygens (including phenoxy) is 1. The van der Waals surface area contributed by atoms with Crippen LogP contribution in [0.25, 0.3) is 0 Å². The number of rotatable bonds is 3. The van der Waals surface area contributed by atoms with Crippen LogP contribution in [0.4, 0.5) is 10.5 Å². The van der Waals surface area contributed by atoms with E-state index in [1.807, 2.05) is 45.0 Å². The molecule has 2 aromatic rings. The number of fused-ring (bicyclic) bond motifs is 1. The van der Waals surface area contributed by atoms with Crippen molar-refractivity contribution in [1.82, 2.24) is 4.90 Å². The molecule has 0 saturated carbocycles. The molecule has 3 rings (SSSR count). The summed E-state index contributed by atoms with van der Waals surface area (Å²) < 4.78 is 5.49. The first-order chi connectivity index (χ1) is 11.4. The molecule has 1 N–H and O–H groups in total. The van der Waals surface area contributed by atoms with Crippen molar-refractivity contribution in [3.63, 3.8) is 0 Å². The van der Waals surface area contributed by atoms with Crippen LogP contribution >= 0.6 is 0 Å². The monoisotopic (exact) mass is 324 g/mol. The maximum Gasteiger partial charge on any atom is 0.410 e. The normalized spacial score (nSPS) is 13.5. The van der Waals surface area contributed by atoms with E-state index in [-0.39, 0.29) is 6.09 Å². The van der Waals surface area contributed by atoms with Gasteiger partial charge < -0.3 is 10.1 Å². The molecule has 1 amide bonds. The van der Waals surface area contributed by atoms with Gasteiger partial charge in [0.15, 0.2) is 0 Å². The average molecular weight is 324 g/mol. The molecule has 0 bridgehead atoms. The highest BCUT2D eigenvalue weighted by Gasteiger charge is 2.28. The molecule has 1 heterocycles. The summed E-state index contributed by atoms with van der Waals surface area (Å²) in [6, 6.07) is 16.5. The van der Waals surface area contributed by atoms with Gasteiger partial charge in [0.25, 0.3) is 0 Å². The Labute approximate surface area is 143 Å². The molecule has 0 aliphatic carbocycles. The molecule has 126 valence electrons. The van der Waals surface area contributed by atoms with E-state index in [0.717, 1.165) is 12.2 Å². The zero-order valence-electron chi connectivity index (χ0n) is 14.5. The molecule has 24 heavy (non-hydrogen) atoms. The van der Waals surface area contributed by atoms with Gasteiger partial charge >= 0.3 is 6.09 Å². The molecule has 0 aromatic heterocycles. The highest BCUT2D eigenvalue weighted by Crippen LogP contribution is 2.30. The van der Waals surface area contributed by atoms with Gasteiger partial charge in [0.05, 0.1) is 6.54 Å². The van der Waals surface area contributed by atoms with Crippen LogP contribution in [-0.4, -0.2) is 16.6 Å². The predicted octanol–water partition coefficient (Wildman–Crippen LogP) is 4.55. The van der Waals surface area contributed by atoms with E-state index in [1.54, 1.807) is 4.90 Å². The first-order valence-corrected chi connectivity index (χ1v) is 8.29.